The first-order valence-electron chi connectivity index (χ1n) is 7.01. The van der Waals surface area contributed by atoms with Crippen molar-refractivity contribution in [2.45, 2.75) is 59.1 Å². The van der Waals surface area contributed by atoms with Crippen LogP contribution in [0.2, 0.25) is 0 Å². The average molecular weight is 253 g/mol. The van der Waals surface area contributed by atoms with E-state index in [1.807, 2.05) is 11.6 Å². The maximum Gasteiger partial charge on any atom is 0.0686 e. The van der Waals surface area contributed by atoms with Crippen molar-refractivity contribution in [2.24, 2.45) is 0 Å². The molecule has 0 saturated heterocycles. The van der Waals surface area contributed by atoms with Gasteiger partial charge >= 0.3 is 0 Å². The van der Waals surface area contributed by atoms with Crippen LogP contribution in [0.1, 0.15) is 45.5 Å². The lowest BCUT2D eigenvalue weighted by Gasteiger charge is -2.23. The number of nitrogens with zero attached hydrogens (tertiary/aromatic N) is 2. The van der Waals surface area contributed by atoms with E-state index in [2.05, 4.69) is 37.3 Å². The number of rotatable bonds is 8. The minimum Gasteiger partial charge on any atom is -0.390 e. The highest BCUT2D eigenvalue weighted by Crippen LogP contribution is 2.18. The van der Waals surface area contributed by atoms with Gasteiger partial charge in [0.15, 0.2) is 0 Å². The summed E-state index contributed by atoms with van der Waals surface area (Å²) >= 11 is 0. The Balaban J connectivity index is 2.66. The fourth-order valence-corrected chi connectivity index (χ4v) is 2.12. The van der Waals surface area contributed by atoms with Crippen LogP contribution in [0.25, 0.3) is 0 Å². The van der Waals surface area contributed by atoms with E-state index in [9.17, 15) is 5.11 Å². The van der Waals surface area contributed by atoms with E-state index in [1.54, 1.807) is 0 Å². The molecular formula is C14H27N3O. The van der Waals surface area contributed by atoms with Crippen LogP contribution in [0, 0.1) is 0 Å². The molecule has 0 saturated carbocycles. The van der Waals surface area contributed by atoms with Gasteiger partial charge in [0.1, 0.15) is 0 Å². The summed E-state index contributed by atoms with van der Waals surface area (Å²) in [6.07, 6.45) is 2.37. The zero-order valence-electron chi connectivity index (χ0n) is 12.2. The molecule has 1 aromatic rings. The predicted molar refractivity (Wildman–Crippen MR) is 74.8 cm³/mol. The summed E-state index contributed by atoms with van der Waals surface area (Å²) < 4.78 is 2.00. The fraction of sp³-hybridized carbons (Fsp3) is 0.786. The van der Waals surface area contributed by atoms with Crippen molar-refractivity contribution in [1.29, 1.82) is 0 Å². The van der Waals surface area contributed by atoms with E-state index in [0.29, 0.717) is 6.42 Å². The highest BCUT2D eigenvalue weighted by atomic mass is 16.3. The van der Waals surface area contributed by atoms with Crippen molar-refractivity contribution in [3.8, 4) is 0 Å². The molecule has 1 heterocycles. The third-order valence-electron chi connectivity index (χ3n) is 3.23. The summed E-state index contributed by atoms with van der Waals surface area (Å²) in [5.74, 6) is 0. The molecule has 1 rings (SSSR count). The van der Waals surface area contributed by atoms with Gasteiger partial charge in [-0.05, 0) is 45.8 Å². The molecule has 2 N–H and O–H groups in total. The van der Waals surface area contributed by atoms with E-state index in [-0.39, 0.29) is 0 Å². The van der Waals surface area contributed by atoms with Crippen LogP contribution in [0.4, 0.5) is 0 Å². The molecule has 1 aromatic heterocycles. The normalized spacial score (nSPS) is 14.7. The highest BCUT2D eigenvalue weighted by molar-refractivity contribution is 5.12. The first-order valence-corrected chi connectivity index (χ1v) is 7.01. The number of nitrogens with one attached hydrogen (secondary N) is 1. The molecule has 0 aliphatic heterocycles. The van der Waals surface area contributed by atoms with Crippen LogP contribution < -0.4 is 5.32 Å². The number of aliphatic hydroxyl groups is 1. The van der Waals surface area contributed by atoms with Gasteiger partial charge < -0.3 is 10.4 Å². The van der Waals surface area contributed by atoms with Gasteiger partial charge in [0.25, 0.3) is 0 Å². The Morgan fingerprint density at radius 2 is 2.11 bits per heavy atom. The Hall–Kier alpha value is -0.870. The van der Waals surface area contributed by atoms with Crippen molar-refractivity contribution in [2.75, 3.05) is 13.1 Å². The lowest BCUT2D eigenvalue weighted by Crippen LogP contribution is -2.33. The third-order valence-corrected chi connectivity index (χ3v) is 3.23. The van der Waals surface area contributed by atoms with E-state index in [4.69, 9.17) is 0 Å². The summed E-state index contributed by atoms with van der Waals surface area (Å²) in [5.41, 5.74) is 1.57. The predicted octanol–water partition coefficient (Wildman–Crippen LogP) is 1.76. The van der Waals surface area contributed by atoms with Crippen molar-refractivity contribution in [1.82, 2.24) is 15.1 Å². The van der Waals surface area contributed by atoms with Crippen LogP contribution in [-0.4, -0.2) is 33.6 Å². The maximum absolute atomic E-state index is 10.4. The van der Waals surface area contributed by atoms with Gasteiger partial charge in [0.05, 0.1) is 11.3 Å². The third kappa shape index (κ3) is 4.42. The standard InChI is InChI=1S/C14H27N3O/c1-5-12-10-13(17(7-3)16-12)11-14(4,18)8-9-15-6-2/h10,15,18H,5-9,11H2,1-4H3. The molecule has 0 aliphatic carbocycles. The molecule has 0 spiro atoms. The van der Waals surface area contributed by atoms with Crippen LogP contribution in [0.15, 0.2) is 6.07 Å². The lowest BCUT2D eigenvalue weighted by molar-refractivity contribution is 0.0496. The van der Waals surface area contributed by atoms with Crippen molar-refractivity contribution >= 4 is 0 Å². The van der Waals surface area contributed by atoms with Gasteiger partial charge in [0, 0.05) is 18.7 Å². The summed E-state index contributed by atoms with van der Waals surface area (Å²) in [7, 11) is 0. The van der Waals surface area contributed by atoms with Gasteiger partial charge in [0.2, 0.25) is 0 Å². The molecule has 0 bridgehead atoms. The van der Waals surface area contributed by atoms with Gasteiger partial charge in [-0.3, -0.25) is 4.68 Å². The summed E-state index contributed by atoms with van der Waals surface area (Å²) in [4.78, 5) is 0. The smallest absolute Gasteiger partial charge is 0.0686 e. The van der Waals surface area contributed by atoms with Crippen molar-refractivity contribution in [3.05, 3.63) is 17.5 Å². The Morgan fingerprint density at radius 3 is 2.67 bits per heavy atom. The highest BCUT2D eigenvalue weighted by Gasteiger charge is 2.22. The second kappa shape index (κ2) is 6.90. The SMILES string of the molecule is CCNCCC(C)(O)Cc1cc(CC)nn1CC. The van der Waals surface area contributed by atoms with Crippen LogP contribution in [0.3, 0.4) is 0 Å². The molecule has 4 nitrogen and oxygen atoms in total. The zero-order chi connectivity index (χ0) is 13.6. The zero-order valence-corrected chi connectivity index (χ0v) is 12.2. The molecule has 0 aliphatic rings. The summed E-state index contributed by atoms with van der Waals surface area (Å²) in [5, 5.41) is 18.2. The van der Waals surface area contributed by atoms with E-state index in [0.717, 1.165) is 43.9 Å². The van der Waals surface area contributed by atoms with E-state index >= 15 is 0 Å². The first-order chi connectivity index (χ1) is 8.52. The molecular weight excluding hydrogens is 226 g/mol. The van der Waals surface area contributed by atoms with Crippen LogP contribution in [-0.2, 0) is 19.4 Å². The molecule has 1 unspecified atom stereocenters. The monoisotopic (exact) mass is 253 g/mol. The largest absolute Gasteiger partial charge is 0.390 e. The molecule has 0 radical (unpaired) electrons. The minimum absolute atomic E-state index is 0.666. The molecule has 0 fully saturated rings. The van der Waals surface area contributed by atoms with Gasteiger partial charge in [-0.25, -0.2) is 0 Å². The van der Waals surface area contributed by atoms with E-state index in [1.165, 1.54) is 0 Å². The molecule has 104 valence electrons. The van der Waals surface area contributed by atoms with Crippen LogP contribution in [0.5, 0.6) is 0 Å². The Labute approximate surface area is 110 Å². The van der Waals surface area contributed by atoms with Crippen molar-refractivity contribution in [3.63, 3.8) is 0 Å². The molecule has 4 heteroatoms. The quantitative estimate of drug-likeness (QED) is 0.694. The lowest BCUT2D eigenvalue weighted by atomic mass is 9.96. The topological polar surface area (TPSA) is 50.1 Å². The molecule has 0 aromatic carbocycles. The number of hydrogen-bond acceptors (Lipinski definition) is 3. The average Bonchev–Trinajstić information content (AvgIpc) is 2.70. The van der Waals surface area contributed by atoms with Crippen molar-refractivity contribution < 1.29 is 5.11 Å². The number of aromatic nitrogens is 2. The first kappa shape index (κ1) is 15.2. The molecule has 18 heavy (non-hydrogen) atoms. The second-order valence-electron chi connectivity index (χ2n) is 5.07. The van der Waals surface area contributed by atoms with Gasteiger partial charge in [-0.15, -0.1) is 0 Å². The maximum atomic E-state index is 10.4. The number of hydrogen-bond donors (Lipinski definition) is 2. The second-order valence-corrected chi connectivity index (χ2v) is 5.07. The molecule has 0 amide bonds. The van der Waals surface area contributed by atoms with Gasteiger partial charge in [-0.2, -0.15) is 5.10 Å². The summed E-state index contributed by atoms with van der Waals surface area (Å²) in [6, 6.07) is 2.12. The molecule has 1 atom stereocenters. The van der Waals surface area contributed by atoms with Gasteiger partial charge in [-0.1, -0.05) is 13.8 Å². The number of aryl methyl sites for hydroxylation is 2. The van der Waals surface area contributed by atoms with Crippen LogP contribution >= 0.6 is 0 Å². The fourth-order valence-electron chi connectivity index (χ4n) is 2.12. The van der Waals surface area contributed by atoms with E-state index < -0.39 is 5.60 Å². The summed E-state index contributed by atoms with van der Waals surface area (Å²) in [6.45, 7) is 10.8. The minimum atomic E-state index is -0.667. The Morgan fingerprint density at radius 1 is 1.39 bits per heavy atom. The Bertz CT molecular complexity index is 358. The Kier molecular flexibility index (Phi) is 5.82.